The van der Waals surface area contributed by atoms with Crippen molar-refractivity contribution in [2.75, 3.05) is 25.6 Å². The molecule has 0 spiro atoms. The first kappa shape index (κ1) is 21.9. The number of amides is 1. The van der Waals surface area contributed by atoms with E-state index in [-0.39, 0.29) is 28.0 Å². The number of ether oxygens (including phenoxy) is 2. The molecule has 28 heavy (non-hydrogen) atoms. The van der Waals surface area contributed by atoms with Gasteiger partial charge in [-0.05, 0) is 42.5 Å². The summed E-state index contributed by atoms with van der Waals surface area (Å²) in [6.45, 7) is 0.577. The van der Waals surface area contributed by atoms with Gasteiger partial charge < -0.3 is 14.8 Å². The van der Waals surface area contributed by atoms with Crippen LogP contribution in [0, 0.1) is 0 Å². The van der Waals surface area contributed by atoms with E-state index in [1.165, 1.54) is 13.2 Å². The highest BCUT2D eigenvalue weighted by molar-refractivity contribution is 7.80. The van der Waals surface area contributed by atoms with E-state index >= 15 is 0 Å². The van der Waals surface area contributed by atoms with Gasteiger partial charge in [0.05, 0.1) is 28.4 Å². The summed E-state index contributed by atoms with van der Waals surface area (Å²) in [5.41, 5.74) is -0.769. The van der Waals surface area contributed by atoms with E-state index in [9.17, 15) is 18.0 Å². The first-order valence-corrected chi connectivity index (χ1v) is 8.71. The average Bonchev–Trinajstić information content (AvgIpc) is 2.63. The van der Waals surface area contributed by atoms with Crippen molar-refractivity contribution < 1.29 is 27.4 Å². The predicted molar refractivity (Wildman–Crippen MR) is 104 cm³/mol. The summed E-state index contributed by atoms with van der Waals surface area (Å²) in [6.07, 6.45) is -4.54. The van der Waals surface area contributed by atoms with Gasteiger partial charge >= 0.3 is 6.18 Å². The van der Waals surface area contributed by atoms with Gasteiger partial charge in [-0.25, -0.2) is 0 Å². The largest absolute Gasteiger partial charge is 0.490 e. The van der Waals surface area contributed by atoms with E-state index in [0.717, 1.165) is 18.2 Å². The number of halogens is 4. The van der Waals surface area contributed by atoms with E-state index in [2.05, 4.69) is 10.6 Å². The molecule has 0 fully saturated rings. The molecule has 150 valence electrons. The fraction of sp³-hybridized carbons (Fsp3) is 0.222. The fourth-order valence-electron chi connectivity index (χ4n) is 2.14. The molecule has 1 amide bonds. The maximum atomic E-state index is 12.8. The van der Waals surface area contributed by atoms with Crippen LogP contribution in [0.4, 0.5) is 18.9 Å². The van der Waals surface area contributed by atoms with Crippen LogP contribution in [0.3, 0.4) is 0 Å². The van der Waals surface area contributed by atoms with E-state index < -0.39 is 17.6 Å². The van der Waals surface area contributed by atoms with Crippen LogP contribution in [-0.4, -0.2) is 31.3 Å². The number of hydrogen-bond acceptors (Lipinski definition) is 4. The number of rotatable bonds is 6. The molecule has 0 saturated carbocycles. The summed E-state index contributed by atoms with van der Waals surface area (Å²) in [5, 5.41) is 4.70. The Morgan fingerprint density at radius 1 is 1.18 bits per heavy atom. The number of methoxy groups -OCH3 is 1. The third-order valence-electron chi connectivity index (χ3n) is 3.45. The second-order valence-electron chi connectivity index (χ2n) is 5.44. The van der Waals surface area contributed by atoms with Crippen molar-refractivity contribution in [1.29, 1.82) is 0 Å². The minimum absolute atomic E-state index is 0.0212. The van der Waals surface area contributed by atoms with E-state index in [1.54, 1.807) is 18.2 Å². The van der Waals surface area contributed by atoms with Crippen LogP contribution in [0.1, 0.15) is 15.9 Å². The normalized spacial score (nSPS) is 11.0. The number of anilines is 1. The number of nitrogens with one attached hydrogen (secondary N) is 2. The molecule has 0 aliphatic rings. The summed E-state index contributed by atoms with van der Waals surface area (Å²) < 4.78 is 48.9. The molecule has 2 rings (SSSR count). The number of alkyl halides is 3. The summed E-state index contributed by atoms with van der Waals surface area (Å²) in [7, 11) is 1.52. The Balaban J connectivity index is 2.09. The Labute approximate surface area is 169 Å². The molecule has 0 heterocycles. The summed E-state index contributed by atoms with van der Waals surface area (Å²) >= 11 is 10.9. The van der Waals surface area contributed by atoms with Gasteiger partial charge in [-0.1, -0.05) is 23.7 Å². The number of carbonyl (C=O) groups is 1. The van der Waals surface area contributed by atoms with Crippen molar-refractivity contribution in [3.63, 3.8) is 0 Å². The first-order chi connectivity index (χ1) is 13.2. The molecule has 0 radical (unpaired) electrons. The molecule has 0 bridgehead atoms. The Bertz CT molecular complexity index is 862. The van der Waals surface area contributed by atoms with Gasteiger partial charge in [0.2, 0.25) is 0 Å². The Morgan fingerprint density at radius 2 is 1.89 bits per heavy atom. The number of hydrogen-bond donors (Lipinski definition) is 2. The molecule has 0 aliphatic carbocycles. The van der Waals surface area contributed by atoms with Crippen molar-refractivity contribution in [3.05, 3.63) is 58.6 Å². The maximum Gasteiger partial charge on any atom is 0.416 e. The van der Waals surface area contributed by atoms with E-state index in [0.29, 0.717) is 12.4 Å². The van der Waals surface area contributed by atoms with Crippen LogP contribution < -0.4 is 15.4 Å². The van der Waals surface area contributed by atoms with Crippen molar-refractivity contribution in [2.24, 2.45) is 0 Å². The van der Waals surface area contributed by atoms with Gasteiger partial charge in [0.1, 0.15) is 12.4 Å². The van der Waals surface area contributed by atoms with Gasteiger partial charge in [0.25, 0.3) is 5.91 Å². The lowest BCUT2D eigenvalue weighted by Gasteiger charge is -2.15. The van der Waals surface area contributed by atoms with Crippen LogP contribution in [-0.2, 0) is 10.9 Å². The van der Waals surface area contributed by atoms with Gasteiger partial charge in [0, 0.05) is 7.11 Å². The third-order valence-corrected chi connectivity index (χ3v) is 3.98. The smallest absolute Gasteiger partial charge is 0.416 e. The molecule has 2 aromatic carbocycles. The minimum atomic E-state index is -4.54. The lowest BCUT2D eigenvalue weighted by molar-refractivity contribution is -0.137. The predicted octanol–water partition coefficient (Wildman–Crippen LogP) is 4.51. The Kier molecular flexibility index (Phi) is 7.61. The lowest BCUT2D eigenvalue weighted by atomic mass is 10.2. The van der Waals surface area contributed by atoms with Crippen molar-refractivity contribution in [3.8, 4) is 5.75 Å². The second-order valence-corrected chi connectivity index (χ2v) is 6.25. The summed E-state index contributed by atoms with van der Waals surface area (Å²) in [5.74, 6) is -0.273. The van der Waals surface area contributed by atoms with Crippen LogP contribution in [0.15, 0.2) is 42.5 Å². The van der Waals surface area contributed by atoms with Crippen LogP contribution in [0.2, 0.25) is 5.02 Å². The standard InChI is InChI=1S/C18H16ClF3N2O3S/c1-26-8-9-27-15-5-3-2-4-12(15)16(25)24-17(28)23-14-10-11(18(20,21)22)6-7-13(14)19/h2-7,10H,8-9H2,1H3,(H2,23,24,25,28). The quantitative estimate of drug-likeness (QED) is 0.519. The number of para-hydroxylation sites is 1. The molecule has 2 aromatic rings. The zero-order chi connectivity index (χ0) is 20.7. The minimum Gasteiger partial charge on any atom is -0.490 e. The number of thiocarbonyl (C=S) groups is 1. The monoisotopic (exact) mass is 432 g/mol. The topological polar surface area (TPSA) is 59.6 Å². The molecule has 2 N–H and O–H groups in total. The summed E-state index contributed by atoms with van der Waals surface area (Å²) in [6, 6.07) is 9.21. The van der Waals surface area contributed by atoms with Crippen molar-refractivity contribution in [2.45, 2.75) is 6.18 Å². The zero-order valence-electron chi connectivity index (χ0n) is 14.6. The molecule has 0 aliphatic heterocycles. The fourth-order valence-corrected chi connectivity index (χ4v) is 2.50. The van der Waals surface area contributed by atoms with Gasteiger partial charge in [-0.3, -0.25) is 10.1 Å². The molecule has 0 saturated heterocycles. The Morgan fingerprint density at radius 3 is 2.57 bits per heavy atom. The maximum absolute atomic E-state index is 12.8. The molecular formula is C18H16ClF3N2O3S. The number of carbonyl (C=O) groups excluding carboxylic acids is 1. The van der Waals surface area contributed by atoms with E-state index in [1.807, 2.05) is 0 Å². The third kappa shape index (κ3) is 6.08. The van der Waals surface area contributed by atoms with Crippen molar-refractivity contribution >= 4 is 40.5 Å². The van der Waals surface area contributed by atoms with Gasteiger partial charge in [0.15, 0.2) is 5.11 Å². The summed E-state index contributed by atoms with van der Waals surface area (Å²) in [4.78, 5) is 12.4. The lowest BCUT2D eigenvalue weighted by Crippen LogP contribution is -2.34. The van der Waals surface area contributed by atoms with Crippen LogP contribution in [0.5, 0.6) is 5.75 Å². The van der Waals surface area contributed by atoms with Crippen LogP contribution >= 0.6 is 23.8 Å². The van der Waals surface area contributed by atoms with Gasteiger partial charge in [-0.15, -0.1) is 0 Å². The molecule has 0 atom stereocenters. The highest BCUT2D eigenvalue weighted by Gasteiger charge is 2.31. The average molecular weight is 433 g/mol. The molecular weight excluding hydrogens is 417 g/mol. The Hall–Kier alpha value is -2.36. The second kappa shape index (κ2) is 9.72. The van der Waals surface area contributed by atoms with Crippen molar-refractivity contribution in [1.82, 2.24) is 5.32 Å². The van der Waals surface area contributed by atoms with E-state index in [4.69, 9.17) is 33.3 Å². The number of benzene rings is 2. The van der Waals surface area contributed by atoms with Gasteiger partial charge in [-0.2, -0.15) is 13.2 Å². The zero-order valence-corrected chi connectivity index (χ0v) is 16.2. The molecule has 10 heteroatoms. The van der Waals surface area contributed by atoms with Crippen LogP contribution in [0.25, 0.3) is 0 Å². The highest BCUT2D eigenvalue weighted by Crippen LogP contribution is 2.33. The SMILES string of the molecule is COCCOc1ccccc1C(=O)NC(=S)Nc1cc(C(F)(F)F)ccc1Cl. The molecule has 0 aromatic heterocycles. The highest BCUT2D eigenvalue weighted by atomic mass is 35.5. The molecule has 5 nitrogen and oxygen atoms in total. The first-order valence-electron chi connectivity index (χ1n) is 7.92. The molecule has 0 unspecified atom stereocenters.